The molecular weight excluding hydrogens is 469 g/mol. The minimum absolute atomic E-state index is 0.348. The van der Waals surface area contributed by atoms with Crippen LogP contribution < -0.4 is 10.2 Å². The number of halogens is 2. The fraction of sp³-hybridized carbons (Fsp3) is 0.0769. The summed E-state index contributed by atoms with van der Waals surface area (Å²) in [6.45, 7) is 2.54. The molecule has 0 aliphatic heterocycles. The van der Waals surface area contributed by atoms with Gasteiger partial charge in [0.25, 0.3) is 0 Å². The van der Waals surface area contributed by atoms with Gasteiger partial charge in [-0.15, -0.1) is 0 Å². The quantitative estimate of drug-likeness (QED) is 0.158. The minimum atomic E-state index is 0.348. The number of anilines is 1. The van der Waals surface area contributed by atoms with E-state index in [0.29, 0.717) is 28.3 Å². The van der Waals surface area contributed by atoms with Crippen LogP contribution in [0.4, 0.5) is 5.95 Å². The molecule has 2 aromatic heterocycles. The molecule has 0 amide bonds. The van der Waals surface area contributed by atoms with Crippen molar-refractivity contribution in [3.8, 4) is 17.0 Å². The van der Waals surface area contributed by atoms with Crippen LogP contribution in [0.15, 0.2) is 77.9 Å². The van der Waals surface area contributed by atoms with Gasteiger partial charge in [-0.1, -0.05) is 53.5 Å². The zero-order valence-corrected chi connectivity index (χ0v) is 19.7. The maximum absolute atomic E-state index is 6.38. The molecule has 0 atom stereocenters. The van der Waals surface area contributed by atoms with Crippen LogP contribution in [0.3, 0.4) is 0 Å². The Kier molecular flexibility index (Phi) is 6.25. The van der Waals surface area contributed by atoms with Crippen molar-refractivity contribution in [1.29, 1.82) is 0 Å². The summed E-state index contributed by atoms with van der Waals surface area (Å²) in [5.74, 6) is 1.13. The average molecular weight is 488 g/mol. The van der Waals surface area contributed by atoms with E-state index in [1.54, 1.807) is 12.3 Å². The van der Waals surface area contributed by atoms with E-state index in [1.807, 2.05) is 73.7 Å². The van der Waals surface area contributed by atoms with Crippen molar-refractivity contribution in [2.45, 2.75) is 6.92 Å². The van der Waals surface area contributed by atoms with Crippen LogP contribution in [0, 0.1) is 0 Å². The van der Waals surface area contributed by atoms with Crippen molar-refractivity contribution >= 4 is 57.2 Å². The lowest BCUT2D eigenvalue weighted by molar-refractivity contribution is 0.340. The molecule has 5 aromatic rings. The van der Waals surface area contributed by atoms with Gasteiger partial charge < -0.3 is 4.74 Å². The molecule has 34 heavy (non-hydrogen) atoms. The Bertz CT molecular complexity index is 1520. The molecular formula is C26H19Cl2N5O. The van der Waals surface area contributed by atoms with Crippen LogP contribution in [-0.2, 0) is 0 Å². The van der Waals surface area contributed by atoms with Crippen molar-refractivity contribution in [2.75, 3.05) is 12.0 Å². The van der Waals surface area contributed by atoms with E-state index in [2.05, 4.69) is 25.5 Å². The summed E-state index contributed by atoms with van der Waals surface area (Å²) < 4.78 is 5.58. The minimum Gasteiger partial charge on any atom is -0.494 e. The molecule has 0 spiro atoms. The summed E-state index contributed by atoms with van der Waals surface area (Å²) in [6.07, 6.45) is 1.60. The molecule has 3 aromatic carbocycles. The molecule has 0 aliphatic carbocycles. The highest BCUT2D eigenvalue weighted by Gasteiger charge is 2.11. The Morgan fingerprint density at radius 1 is 0.912 bits per heavy atom. The van der Waals surface area contributed by atoms with Crippen LogP contribution >= 0.6 is 23.2 Å². The van der Waals surface area contributed by atoms with E-state index >= 15 is 0 Å². The highest BCUT2D eigenvalue weighted by atomic mass is 35.5. The highest BCUT2D eigenvalue weighted by Crippen LogP contribution is 2.29. The molecule has 168 valence electrons. The summed E-state index contributed by atoms with van der Waals surface area (Å²) in [4.78, 5) is 13.7. The van der Waals surface area contributed by atoms with Gasteiger partial charge in [0.15, 0.2) is 0 Å². The number of nitrogens with one attached hydrogen (secondary N) is 1. The molecule has 0 saturated heterocycles. The lowest BCUT2D eigenvalue weighted by Gasteiger charge is -2.09. The van der Waals surface area contributed by atoms with E-state index in [1.165, 1.54) is 0 Å². The zero-order chi connectivity index (χ0) is 23.5. The average Bonchev–Trinajstić information content (AvgIpc) is 2.85. The maximum atomic E-state index is 6.38. The predicted octanol–water partition coefficient (Wildman–Crippen LogP) is 7.00. The molecule has 0 saturated carbocycles. The molecule has 0 radical (unpaired) electrons. The van der Waals surface area contributed by atoms with Gasteiger partial charge in [-0.05, 0) is 49.4 Å². The number of hydrogen-bond acceptors (Lipinski definition) is 6. The normalized spacial score (nSPS) is 11.4. The van der Waals surface area contributed by atoms with E-state index in [0.717, 1.165) is 38.8 Å². The second-order valence-electron chi connectivity index (χ2n) is 7.45. The third-order valence-electron chi connectivity index (χ3n) is 5.15. The molecule has 0 fully saturated rings. The Balaban J connectivity index is 1.48. The van der Waals surface area contributed by atoms with Gasteiger partial charge in [0, 0.05) is 26.9 Å². The fourth-order valence-electron chi connectivity index (χ4n) is 3.62. The summed E-state index contributed by atoms with van der Waals surface area (Å²) in [6, 6.07) is 23.0. The van der Waals surface area contributed by atoms with Crippen LogP contribution in [0.2, 0.25) is 10.2 Å². The largest absolute Gasteiger partial charge is 0.494 e. The van der Waals surface area contributed by atoms with Crippen LogP contribution in [0.5, 0.6) is 5.75 Å². The monoisotopic (exact) mass is 487 g/mol. The van der Waals surface area contributed by atoms with E-state index in [9.17, 15) is 0 Å². The van der Waals surface area contributed by atoms with Crippen molar-refractivity contribution in [3.05, 3.63) is 88.5 Å². The predicted molar refractivity (Wildman–Crippen MR) is 139 cm³/mol. The van der Waals surface area contributed by atoms with Gasteiger partial charge in [0.2, 0.25) is 5.95 Å². The van der Waals surface area contributed by atoms with Gasteiger partial charge >= 0.3 is 0 Å². The number of rotatable bonds is 6. The number of nitrogens with zero attached hydrogens (tertiary/aromatic N) is 4. The zero-order valence-electron chi connectivity index (χ0n) is 18.2. The Morgan fingerprint density at radius 2 is 1.74 bits per heavy atom. The second kappa shape index (κ2) is 9.63. The summed E-state index contributed by atoms with van der Waals surface area (Å²) in [7, 11) is 0. The summed E-state index contributed by atoms with van der Waals surface area (Å²) >= 11 is 12.6. The van der Waals surface area contributed by atoms with Crippen LogP contribution in [0.1, 0.15) is 12.5 Å². The fourth-order valence-corrected chi connectivity index (χ4v) is 3.99. The van der Waals surface area contributed by atoms with Crippen molar-refractivity contribution in [2.24, 2.45) is 5.10 Å². The van der Waals surface area contributed by atoms with Gasteiger partial charge in [-0.25, -0.2) is 20.4 Å². The van der Waals surface area contributed by atoms with Crippen molar-refractivity contribution < 1.29 is 4.74 Å². The summed E-state index contributed by atoms with van der Waals surface area (Å²) in [5.41, 5.74) is 6.83. The third-order valence-corrected chi connectivity index (χ3v) is 5.69. The number of hydrazone groups is 1. The Morgan fingerprint density at radius 3 is 2.56 bits per heavy atom. The van der Waals surface area contributed by atoms with Crippen LogP contribution in [-0.4, -0.2) is 27.8 Å². The number of benzene rings is 3. The Labute approximate surface area is 206 Å². The Hall–Kier alpha value is -3.74. The molecule has 0 bridgehead atoms. The van der Waals surface area contributed by atoms with E-state index < -0.39 is 0 Å². The molecule has 0 aliphatic rings. The third kappa shape index (κ3) is 4.64. The molecule has 2 heterocycles. The molecule has 6 nitrogen and oxygen atoms in total. The van der Waals surface area contributed by atoms with Gasteiger partial charge in [0.1, 0.15) is 10.9 Å². The standard InChI is InChI=1S/C26H19Cl2N5O/c1-2-34-20-9-11-22-17(13-20)12-18(25(28)30-22)15-29-33-26-31-23-10-8-19(27)14-21(23)24(32-26)16-6-4-3-5-7-16/h3-15H,2H2,1H3,(H,31,32,33). The first kappa shape index (κ1) is 22.1. The van der Waals surface area contributed by atoms with Gasteiger partial charge in [-0.2, -0.15) is 5.10 Å². The van der Waals surface area contributed by atoms with Crippen molar-refractivity contribution in [3.63, 3.8) is 0 Å². The van der Waals surface area contributed by atoms with Gasteiger partial charge in [0.05, 0.1) is 29.5 Å². The first-order valence-electron chi connectivity index (χ1n) is 10.7. The van der Waals surface area contributed by atoms with E-state index in [4.69, 9.17) is 27.9 Å². The molecule has 1 N–H and O–H groups in total. The van der Waals surface area contributed by atoms with Gasteiger partial charge in [-0.3, -0.25) is 0 Å². The molecule has 5 rings (SSSR count). The number of aromatic nitrogens is 3. The molecule has 8 heteroatoms. The smallest absolute Gasteiger partial charge is 0.244 e. The van der Waals surface area contributed by atoms with E-state index in [-0.39, 0.29) is 0 Å². The second-order valence-corrected chi connectivity index (χ2v) is 8.24. The topological polar surface area (TPSA) is 72.3 Å². The number of ether oxygens (including phenoxy) is 1. The first-order chi connectivity index (χ1) is 16.6. The van der Waals surface area contributed by atoms with Crippen LogP contribution in [0.25, 0.3) is 33.1 Å². The number of fused-ring (bicyclic) bond motifs is 2. The SMILES string of the molecule is CCOc1ccc2nc(Cl)c(C=NNc3nc(-c4ccccc4)c4cc(Cl)ccc4n3)cc2c1. The maximum Gasteiger partial charge on any atom is 0.244 e. The lowest BCUT2D eigenvalue weighted by Crippen LogP contribution is -2.00. The number of pyridine rings is 1. The first-order valence-corrected chi connectivity index (χ1v) is 11.4. The number of hydrogen-bond donors (Lipinski definition) is 1. The molecule has 0 unspecified atom stereocenters. The lowest BCUT2D eigenvalue weighted by atomic mass is 10.1. The van der Waals surface area contributed by atoms with Crippen molar-refractivity contribution in [1.82, 2.24) is 15.0 Å². The highest BCUT2D eigenvalue weighted by molar-refractivity contribution is 6.32. The summed E-state index contributed by atoms with van der Waals surface area (Å²) in [5, 5.41) is 7.05.